The zero-order chi connectivity index (χ0) is 10.9. The van der Waals surface area contributed by atoms with E-state index >= 15 is 0 Å². The molecule has 0 radical (unpaired) electrons. The fraction of sp³-hybridized carbons (Fsp3) is 0.917. The topological polar surface area (TPSA) is 45.0 Å². The van der Waals surface area contributed by atoms with E-state index in [1.807, 2.05) is 0 Å². The van der Waals surface area contributed by atoms with Crippen LogP contribution >= 0.6 is 0 Å². The summed E-state index contributed by atoms with van der Waals surface area (Å²) in [5, 5.41) is 12.5. The molecule has 15 heavy (non-hydrogen) atoms. The molecule has 1 aliphatic carbocycles. The van der Waals surface area contributed by atoms with Crippen molar-refractivity contribution in [3.63, 3.8) is 0 Å². The van der Waals surface area contributed by atoms with Crippen LogP contribution in [0.5, 0.6) is 0 Å². The van der Waals surface area contributed by atoms with Crippen molar-refractivity contribution in [1.82, 2.24) is 5.32 Å². The van der Waals surface area contributed by atoms with E-state index in [0.29, 0.717) is 6.04 Å². The normalized spacial score (nSPS) is 26.1. The predicted octanol–water partition coefficient (Wildman–Crippen LogP) is 2.08. The van der Waals surface area contributed by atoms with Crippen LogP contribution in [-0.2, 0) is 4.74 Å². The van der Waals surface area contributed by atoms with Gasteiger partial charge in [-0.25, -0.2) is 0 Å². The first kappa shape index (κ1) is 12.5. The molecule has 0 spiro atoms. The van der Waals surface area contributed by atoms with Crippen LogP contribution in [0.4, 0.5) is 0 Å². The SMILES string of the molecule is COCCCCNC1CCCCC1C#N. The molecule has 3 nitrogen and oxygen atoms in total. The number of nitrogens with zero attached hydrogens (tertiary/aromatic N) is 1. The number of ether oxygens (including phenoxy) is 1. The van der Waals surface area contributed by atoms with E-state index in [-0.39, 0.29) is 5.92 Å². The van der Waals surface area contributed by atoms with Gasteiger partial charge in [0, 0.05) is 19.8 Å². The highest BCUT2D eigenvalue weighted by molar-refractivity contribution is 4.94. The lowest BCUT2D eigenvalue weighted by atomic mass is 9.85. The summed E-state index contributed by atoms with van der Waals surface area (Å²) in [5.41, 5.74) is 0. The third-order valence-electron chi connectivity index (χ3n) is 3.11. The summed E-state index contributed by atoms with van der Waals surface area (Å²) >= 11 is 0. The van der Waals surface area contributed by atoms with Crippen LogP contribution in [0.2, 0.25) is 0 Å². The molecule has 0 aliphatic heterocycles. The van der Waals surface area contributed by atoms with Crippen LogP contribution in [0.15, 0.2) is 0 Å². The maximum absolute atomic E-state index is 8.99. The first-order valence-electron chi connectivity index (χ1n) is 6.00. The van der Waals surface area contributed by atoms with E-state index in [0.717, 1.165) is 32.4 Å². The second-order valence-corrected chi connectivity index (χ2v) is 4.28. The summed E-state index contributed by atoms with van der Waals surface area (Å²) in [6, 6.07) is 2.86. The number of rotatable bonds is 6. The summed E-state index contributed by atoms with van der Waals surface area (Å²) < 4.78 is 5.00. The molecule has 0 aromatic rings. The van der Waals surface area contributed by atoms with Crippen LogP contribution in [0, 0.1) is 17.2 Å². The van der Waals surface area contributed by atoms with E-state index in [4.69, 9.17) is 10.00 Å². The molecule has 86 valence electrons. The molecule has 0 amide bonds. The van der Waals surface area contributed by atoms with E-state index in [2.05, 4.69) is 11.4 Å². The van der Waals surface area contributed by atoms with Crippen LogP contribution in [0.3, 0.4) is 0 Å². The van der Waals surface area contributed by atoms with Crippen molar-refractivity contribution in [2.24, 2.45) is 5.92 Å². The van der Waals surface area contributed by atoms with Gasteiger partial charge in [-0.2, -0.15) is 5.26 Å². The Hall–Kier alpha value is -0.590. The molecule has 0 aromatic carbocycles. The molecule has 1 fully saturated rings. The van der Waals surface area contributed by atoms with Crippen LogP contribution in [-0.4, -0.2) is 26.3 Å². The highest BCUT2D eigenvalue weighted by Gasteiger charge is 2.23. The third kappa shape index (κ3) is 4.63. The van der Waals surface area contributed by atoms with Gasteiger partial charge in [-0.3, -0.25) is 0 Å². The second-order valence-electron chi connectivity index (χ2n) is 4.28. The summed E-state index contributed by atoms with van der Waals surface area (Å²) in [7, 11) is 1.74. The lowest BCUT2D eigenvalue weighted by Crippen LogP contribution is -2.38. The molecule has 1 saturated carbocycles. The Morgan fingerprint density at radius 3 is 2.87 bits per heavy atom. The van der Waals surface area contributed by atoms with E-state index in [9.17, 15) is 0 Å². The molecular formula is C12H22N2O. The predicted molar refractivity (Wildman–Crippen MR) is 60.5 cm³/mol. The summed E-state index contributed by atoms with van der Waals surface area (Å²) in [4.78, 5) is 0. The van der Waals surface area contributed by atoms with Crippen LogP contribution in [0.25, 0.3) is 0 Å². The van der Waals surface area contributed by atoms with Gasteiger partial charge in [0.2, 0.25) is 0 Å². The lowest BCUT2D eigenvalue weighted by molar-refractivity contribution is 0.191. The van der Waals surface area contributed by atoms with Gasteiger partial charge >= 0.3 is 0 Å². The molecule has 1 rings (SSSR count). The molecule has 1 N–H and O–H groups in total. The fourth-order valence-corrected chi connectivity index (χ4v) is 2.19. The molecule has 2 atom stereocenters. The first-order chi connectivity index (χ1) is 7.38. The number of nitriles is 1. The Balaban J connectivity index is 2.10. The lowest BCUT2D eigenvalue weighted by Gasteiger charge is -2.27. The Kier molecular flexibility index (Phi) is 6.38. The van der Waals surface area contributed by atoms with Crippen molar-refractivity contribution < 1.29 is 4.74 Å². The maximum atomic E-state index is 8.99. The van der Waals surface area contributed by atoms with Gasteiger partial charge in [-0.05, 0) is 32.2 Å². The van der Waals surface area contributed by atoms with Gasteiger partial charge in [0.15, 0.2) is 0 Å². The summed E-state index contributed by atoms with van der Waals surface area (Å²) in [6.45, 7) is 1.86. The minimum atomic E-state index is 0.237. The van der Waals surface area contributed by atoms with Gasteiger partial charge in [0.05, 0.1) is 12.0 Å². The van der Waals surface area contributed by atoms with Crippen LogP contribution in [0.1, 0.15) is 38.5 Å². The Bertz CT molecular complexity index is 200. The molecule has 0 heterocycles. The number of nitrogens with one attached hydrogen (secondary N) is 1. The highest BCUT2D eigenvalue weighted by Crippen LogP contribution is 2.23. The van der Waals surface area contributed by atoms with Crippen molar-refractivity contribution in [3.05, 3.63) is 0 Å². The zero-order valence-corrected chi connectivity index (χ0v) is 9.67. The summed E-state index contributed by atoms with van der Waals surface area (Å²) in [5.74, 6) is 0.237. The molecule has 0 saturated heterocycles. The van der Waals surface area contributed by atoms with E-state index < -0.39 is 0 Å². The van der Waals surface area contributed by atoms with Gasteiger partial charge < -0.3 is 10.1 Å². The van der Waals surface area contributed by atoms with Crippen molar-refractivity contribution in [3.8, 4) is 6.07 Å². The second kappa shape index (κ2) is 7.67. The van der Waals surface area contributed by atoms with E-state index in [1.165, 1.54) is 19.3 Å². The Labute approximate surface area is 92.8 Å². The molecule has 3 heteroatoms. The number of methoxy groups -OCH3 is 1. The largest absolute Gasteiger partial charge is 0.385 e. The van der Waals surface area contributed by atoms with Gasteiger partial charge in [-0.1, -0.05) is 12.8 Å². The van der Waals surface area contributed by atoms with Crippen molar-refractivity contribution in [2.45, 2.75) is 44.6 Å². The molecule has 2 unspecified atom stereocenters. The number of unbranched alkanes of at least 4 members (excludes halogenated alkanes) is 1. The molecular weight excluding hydrogens is 188 g/mol. The Morgan fingerprint density at radius 2 is 2.13 bits per heavy atom. The number of hydrogen-bond donors (Lipinski definition) is 1. The zero-order valence-electron chi connectivity index (χ0n) is 9.67. The smallest absolute Gasteiger partial charge is 0.0672 e. The Morgan fingerprint density at radius 1 is 1.33 bits per heavy atom. The monoisotopic (exact) mass is 210 g/mol. The minimum Gasteiger partial charge on any atom is -0.385 e. The minimum absolute atomic E-state index is 0.237. The van der Waals surface area contributed by atoms with E-state index in [1.54, 1.807) is 7.11 Å². The number of hydrogen-bond acceptors (Lipinski definition) is 3. The average molecular weight is 210 g/mol. The average Bonchev–Trinajstić information content (AvgIpc) is 2.29. The standard InChI is InChI=1S/C12H22N2O/c1-15-9-5-4-8-14-12-7-3-2-6-11(12)10-13/h11-12,14H,2-9H2,1H3. The first-order valence-corrected chi connectivity index (χ1v) is 6.00. The quantitative estimate of drug-likeness (QED) is 0.683. The van der Waals surface area contributed by atoms with Crippen molar-refractivity contribution in [2.75, 3.05) is 20.3 Å². The van der Waals surface area contributed by atoms with Gasteiger partial charge in [-0.15, -0.1) is 0 Å². The van der Waals surface area contributed by atoms with Crippen molar-refractivity contribution >= 4 is 0 Å². The van der Waals surface area contributed by atoms with Crippen molar-refractivity contribution in [1.29, 1.82) is 5.26 Å². The molecule has 0 aromatic heterocycles. The van der Waals surface area contributed by atoms with Gasteiger partial charge in [0.1, 0.15) is 0 Å². The van der Waals surface area contributed by atoms with Crippen LogP contribution < -0.4 is 5.32 Å². The van der Waals surface area contributed by atoms with Gasteiger partial charge in [0.25, 0.3) is 0 Å². The summed E-state index contributed by atoms with van der Waals surface area (Å²) in [6.07, 6.45) is 6.98. The fourth-order valence-electron chi connectivity index (χ4n) is 2.19. The highest BCUT2D eigenvalue weighted by atomic mass is 16.5. The third-order valence-corrected chi connectivity index (χ3v) is 3.11. The molecule has 1 aliphatic rings. The molecule has 0 bridgehead atoms. The maximum Gasteiger partial charge on any atom is 0.0672 e.